The molecule has 0 heterocycles. The van der Waals surface area contributed by atoms with Crippen LogP contribution in [0.15, 0.2) is 108 Å². The van der Waals surface area contributed by atoms with Gasteiger partial charge in [-0.25, -0.2) is 8.42 Å². The SMILES string of the molecule is O=C(NC1CCCCC1)[C@@H](Cc1ccccc1)N(Cc1ccc(Cl)cc1)C(=O)CN(c1cc(C(F)(F)F)ccc1Cl)S(=O)(=O)c1ccccc1. The van der Waals surface area contributed by atoms with Crippen molar-refractivity contribution in [2.45, 2.75) is 68.2 Å². The lowest BCUT2D eigenvalue weighted by Crippen LogP contribution is -2.55. The van der Waals surface area contributed by atoms with E-state index in [1.807, 2.05) is 18.2 Å². The summed E-state index contributed by atoms with van der Waals surface area (Å²) in [5, 5.41) is 3.24. The van der Waals surface area contributed by atoms with Crippen molar-refractivity contribution in [2.24, 2.45) is 0 Å². The molecule has 0 saturated heterocycles. The van der Waals surface area contributed by atoms with Crippen LogP contribution >= 0.6 is 23.2 Å². The Morgan fingerprint density at radius 3 is 2.06 bits per heavy atom. The molecule has 7 nitrogen and oxygen atoms in total. The van der Waals surface area contributed by atoms with Crippen molar-refractivity contribution in [1.29, 1.82) is 0 Å². The second-order valence-electron chi connectivity index (χ2n) is 12.2. The van der Waals surface area contributed by atoms with Crippen molar-refractivity contribution in [3.63, 3.8) is 0 Å². The Labute approximate surface area is 300 Å². The minimum Gasteiger partial charge on any atom is -0.352 e. The average molecular weight is 747 g/mol. The van der Waals surface area contributed by atoms with E-state index in [9.17, 15) is 31.2 Å². The predicted octanol–water partition coefficient (Wildman–Crippen LogP) is 8.30. The van der Waals surface area contributed by atoms with Gasteiger partial charge in [0, 0.05) is 24.0 Å². The Kier molecular flexibility index (Phi) is 12.1. The molecule has 0 spiro atoms. The molecule has 4 aromatic rings. The van der Waals surface area contributed by atoms with E-state index in [0.717, 1.165) is 49.8 Å². The Morgan fingerprint density at radius 1 is 0.820 bits per heavy atom. The quantitative estimate of drug-likeness (QED) is 0.158. The summed E-state index contributed by atoms with van der Waals surface area (Å²) in [6, 6.07) is 23.8. The van der Waals surface area contributed by atoms with E-state index in [1.54, 1.807) is 42.5 Å². The summed E-state index contributed by atoms with van der Waals surface area (Å²) in [6.07, 6.45) is -0.209. The first-order chi connectivity index (χ1) is 23.8. The van der Waals surface area contributed by atoms with Crippen LogP contribution in [-0.4, -0.2) is 43.8 Å². The molecule has 1 fully saturated rings. The number of hydrogen-bond donors (Lipinski definition) is 1. The first kappa shape index (κ1) is 37.2. The largest absolute Gasteiger partial charge is 0.416 e. The molecule has 13 heteroatoms. The number of halogens is 5. The molecule has 0 radical (unpaired) electrons. The van der Waals surface area contributed by atoms with Gasteiger partial charge in [0.05, 0.1) is 21.2 Å². The van der Waals surface area contributed by atoms with Gasteiger partial charge in [-0.1, -0.05) is 103 Å². The smallest absolute Gasteiger partial charge is 0.352 e. The van der Waals surface area contributed by atoms with Gasteiger partial charge in [-0.3, -0.25) is 13.9 Å². The molecule has 5 rings (SSSR count). The van der Waals surface area contributed by atoms with E-state index in [-0.39, 0.29) is 28.9 Å². The van der Waals surface area contributed by atoms with Gasteiger partial charge in [0.2, 0.25) is 11.8 Å². The van der Waals surface area contributed by atoms with Gasteiger partial charge < -0.3 is 10.2 Å². The zero-order valence-corrected chi connectivity index (χ0v) is 29.3. The van der Waals surface area contributed by atoms with Gasteiger partial charge in [-0.05, 0) is 66.4 Å². The van der Waals surface area contributed by atoms with Crippen molar-refractivity contribution < 1.29 is 31.2 Å². The molecular weight excluding hydrogens is 710 g/mol. The Balaban J connectivity index is 1.61. The second-order valence-corrected chi connectivity index (χ2v) is 14.9. The topological polar surface area (TPSA) is 86.8 Å². The fraction of sp³-hybridized carbons (Fsp3) is 0.297. The highest BCUT2D eigenvalue weighted by molar-refractivity contribution is 7.92. The van der Waals surface area contributed by atoms with E-state index in [1.165, 1.54) is 29.2 Å². The van der Waals surface area contributed by atoms with Gasteiger partial charge in [0.1, 0.15) is 12.6 Å². The number of rotatable bonds is 12. The van der Waals surface area contributed by atoms with Gasteiger partial charge >= 0.3 is 6.18 Å². The van der Waals surface area contributed by atoms with E-state index >= 15 is 0 Å². The van der Waals surface area contributed by atoms with E-state index in [2.05, 4.69) is 5.32 Å². The molecule has 0 aromatic heterocycles. The lowest BCUT2D eigenvalue weighted by atomic mass is 9.94. The van der Waals surface area contributed by atoms with Crippen LogP contribution in [0.1, 0.15) is 48.8 Å². The summed E-state index contributed by atoms with van der Waals surface area (Å²) < 4.78 is 70.6. The normalized spacial score (nSPS) is 14.5. The molecule has 1 saturated carbocycles. The third-order valence-corrected chi connectivity index (χ3v) is 11.0. The Morgan fingerprint density at radius 2 is 1.44 bits per heavy atom. The molecule has 50 heavy (non-hydrogen) atoms. The fourth-order valence-electron chi connectivity index (χ4n) is 6.00. The summed E-state index contributed by atoms with van der Waals surface area (Å²) in [7, 11) is -4.66. The first-order valence-electron chi connectivity index (χ1n) is 16.2. The van der Waals surface area contributed by atoms with Crippen LogP contribution in [0.2, 0.25) is 10.0 Å². The zero-order chi connectivity index (χ0) is 35.9. The minimum atomic E-state index is -4.83. The Bertz CT molecular complexity index is 1870. The molecule has 0 bridgehead atoms. The molecule has 0 unspecified atom stereocenters. The van der Waals surface area contributed by atoms with Crippen molar-refractivity contribution in [3.8, 4) is 0 Å². The molecule has 1 N–H and O–H groups in total. The van der Waals surface area contributed by atoms with E-state index in [4.69, 9.17) is 23.2 Å². The van der Waals surface area contributed by atoms with Gasteiger partial charge in [-0.2, -0.15) is 13.2 Å². The average Bonchev–Trinajstić information content (AvgIpc) is 3.10. The monoisotopic (exact) mass is 745 g/mol. The highest BCUT2D eigenvalue weighted by atomic mass is 35.5. The molecule has 1 atom stereocenters. The summed E-state index contributed by atoms with van der Waals surface area (Å²) >= 11 is 12.5. The van der Waals surface area contributed by atoms with E-state index < -0.39 is 51.9 Å². The third-order valence-electron chi connectivity index (χ3n) is 8.64. The van der Waals surface area contributed by atoms with Crippen LogP contribution in [0.4, 0.5) is 18.9 Å². The standard InChI is InChI=1S/C37H36Cl2F3N3O4S/c38-29-19-16-27(17-20-29)24-44(34(22-26-10-4-1-5-11-26)36(47)43-30-12-6-2-7-13-30)35(46)25-45(50(48,49)31-14-8-3-9-15-31)33-23-28(37(40,41)42)18-21-32(33)39/h1,3-5,8-11,14-21,23,30,34H,2,6-7,12-13,22,24-25H2,(H,43,47)/t34-/m1/s1. The molecular formula is C37H36Cl2F3N3O4S. The van der Waals surface area contributed by atoms with Crippen molar-refractivity contribution in [2.75, 3.05) is 10.8 Å². The predicted molar refractivity (Wildman–Crippen MR) is 188 cm³/mol. The summed E-state index contributed by atoms with van der Waals surface area (Å²) in [5.74, 6) is -1.25. The number of carbonyl (C=O) groups is 2. The number of anilines is 1. The van der Waals surface area contributed by atoms with Crippen molar-refractivity contribution in [1.82, 2.24) is 10.2 Å². The van der Waals surface area contributed by atoms with Crippen LogP contribution in [0.5, 0.6) is 0 Å². The second kappa shape index (κ2) is 16.3. The number of nitrogens with one attached hydrogen (secondary N) is 1. The minimum absolute atomic E-state index is 0.0917. The van der Waals surface area contributed by atoms with Crippen LogP contribution in [-0.2, 0) is 38.8 Å². The van der Waals surface area contributed by atoms with E-state index in [0.29, 0.717) is 21.0 Å². The van der Waals surface area contributed by atoms with Crippen molar-refractivity contribution in [3.05, 3.63) is 130 Å². The molecule has 1 aliphatic carbocycles. The highest BCUT2D eigenvalue weighted by Crippen LogP contribution is 2.37. The highest BCUT2D eigenvalue weighted by Gasteiger charge is 2.38. The maximum atomic E-state index is 14.6. The molecule has 4 aromatic carbocycles. The maximum Gasteiger partial charge on any atom is 0.416 e. The van der Waals surface area contributed by atoms with Gasteiger partial charge in [0.25, 0.3) is 10.0 Å². The van der Waals surface area contributed by atoms with Crippen LogP contribution in [0, 0.1) is 0 Å². The molecule has 264 valence electrons. The number of amides is 2. The molecule has 0 aliphatic heterocycles. The third kappa shape index (κ3) is 9.38. The molecule has 2 amide bonds. The lowest BCUT2D eigenvalue weighted by Gasteiger charge is -2.35. The number of nitrogens with zero attached hydrogens (tertiary/aromatic N) is 2. The van der Waals surface area contributed by atoms with Crippen LogP contribution in [0.25, 0.3) is 0 Å². The van der Waals surface area contributed by atoms with Crippen LogP contribution < -0.4 is 9.62 Å². The van der Waals surface area contributed by atoms with Gasteiger partial charge in [-0.15, -0.1) is 0 Å². The first-order valence-corrected chi connectivity index (χ1v) is 18.4. The van der Waals surface area contributed by atoms with Crippen molar-refractivity contribution >= 4 is 50.7 Å². The fourth-order valence-corrected chi connectivity index (χ4v) is 7.84. The zero-order valence-electron chi connectivity index (χ0n) is 27.0. The number of carbonyl (C=O) groups excluding carboxylic acids is 2. The maximum absolute atomic E-state index is 14.6. The lowest BCUT2D eigenvalue weighted by molar-refractivity contribution is -0.140. The number of alkyl halides is 3. The van der Waals surface area contributed by atoms with Crippen LogP contribution in [0.3, 0.4) is 0 Å². The summed E-state index contributed by atoms with van der Waals surface area (Å²) in [6.45, 7) is -1.07. The van der Waals surface area contributed by atoms with Gasteiger partial charge in [0.15, 0.2) is 0 Å². The summed E-state index contributed by atoms with van der Waals surface area (Å²) in [5.41, 5.74) is -0.332. The summed E-state index contributed by atoms with van der Waals surface area (Å²) in [4.78, 5) is 29.9. The number of sulfonamides is 1. The number of benzene rings is 4. The molecule has 1 aliphatic rings. The Hall–Kier alpha value is -4.06. The number of hydrogen-bond acceptors (Lipinski definition) is 4.